The Morgan fingerprint density at radius 3 is 2.53 bits per heavy atom. The molecule has 0 amide bonds. The van der Waals surface area contributed by atoms with Gasteiger partial charge in [-0.25, -0.2) is 0 Å². The summed E-state index contributed by atoms with van der Waals surface area (Å²) < 4.78 is 6.88. The fourth-order valence-electron chi connectivity index (χ4n) is 1.48. The van der Waals surface area contributed by atoms with Crippen LogP contribution < -0.4 is 4.74 Å². The van der Waals surface area contributed by atoms with E-state index in [4.69, 9.17) is 16.3 Å². The van der Waals surface area contributed by atoms with Gasteiger partial charge in [0, 0.05) is 3.57 Å². The molecule has 0 unspecified atom stereocenters. The summed E-state index contributed by atoms with van der Waals surface area (Å²) in [4.78, 5) is 0. The minimum Gasteiger partial charge on any atom is -0.487 e. The lowest BCUT2D eigenvalue weighted by Gasteiger charge is -2.10. The highest BCUT2D eigenvalue weighted by molar-refractivity contribution is 14.1. The van der Waals surface area contributed by atoms with Crippen molar-refractivity contribution in [2.75, 3.05) is 0 Å². The third-order valence-electron chi connectivity index (χ3n) is 2.52. The topological polar surface area (TPSA) is 9.23 Å². The molecule has 2 aromatic carbocycles. The second kappa shape index (κ2) is 5.74. The van der Waals surface area contributed by atoms with Crippen LogP contribution in [-0.2, 0) is 6.61 Å². The van der Waals surface area contributed by atoms with E-state index in [1.165, 1.54) is 0 Å². The molecular formula is C14H12ClIO. The zero-order valence-electron chi connectivity index (χ0n) is 9.41. The van der Waals surface area contributed by atoms with Crippen LogP contribution in [0.3, 0.4) is 0 Å². The van der Waals surface area contributed by atoms with Crippen LogP contribution in [0.25, 0.3) is 0 Å². The first-order valence-electron chi connectivity index (χ1n) is 5.30. The first-order chi connectivity index (χ1) is 8.18. The summed E-state index contributed by atoms with van der Waals surface area (Å²) in [5.41, 5.74) is 2.21. The second-order valence-corrected chi connectivity index (χ2v) is 5.30. The van der Waals surface area contributed by atoms with Crippen LogP contribution in [0, 0.1) is 10.5 Å². The predicted molar refractivity (Wildman–Crippen MR) is 79.7 cm³/mol. The molecule has 0 radical (unpaired) electrons. The molecule has 0 spiro atoms. The fraction of sp³-hybridized carbons (Fsp3) is 0.143. The lowest BCUT2D eigenvalue weighted by molar-refractivity contribution is 0.306. The summed E-state index contributed by atoms with van der Waals surface area (Å²) in [5.74, 6) is 0.744. The van der Waals surface area contributed by atoms with Gasteiger partial charge < -0.3 is 4.74 Å². The summed E-state index contributed by atoms with van der Waals surface area (Å²) in [6.45, 7) is 2.54. The van der Waals surface area contributed by atoms with Crippen molar-refractivity contribution in [3.05, 3.63) is 62.2 Å². The third-order valence-corrected chi connectivity index (χ3v) is 4.16. The quantitative estimate of drug-likeness (QED) is 0.714. The molecule has 0 saturated heterocycles. The molecule has 0 N–H and O–H groups in total. The maximum Gasteiger partial charge on any atom is 0.138 e. The van der Waals surface area contributed by atoms with Gasteiger partial charge in [0.15, 0.2) is 0 Å². The Labute approximate surface area is 120 Å². The molecule has 0 aliphatic carbocycles. The molecule has 1 nitrogen and oxygen atoms in total. The Morgan fingerprint density at radius 2 is 1.82 bits per heavy atom. The van der Waals surface area contributed by atoms with E-state index < -0.39 is 0 Å². The van der Waals surface area contributed by atoms with Crippen LogP contribution in [0.15, 0.2) is 42.5 Å². The summed E-state index contributed by atoms with van der Waals surface area (Å²) in [6.07, 6.45) is 0. The van der Waals surface area contributed by atoms with E-state index >= 15 is 0 Å². The maximum atomic E-state index is 6.23. The van der Waals surface area contributed by atoms with Crippen molar-refractivity contribution in [3.8, 4) is 5.75 Å². The molecule has 0 fully saturated rings. The molecule has 0 saturated carbocycles. The minimum absolute atomic E-state index is 0.542. The smallest absolute Gasteiger partial charge is 0.138 e. The average Bonchev–Trinajstić information content (AvgIpc) is 2.36. The van der Waals surface area contributed by atoms with Crippen LogP contribution in [-0.4, -0.2) is 0 Å². The SMILES string of the molecule is Cc1c(I)ccc(OCc2ccccc2)c1Cl. The Bertz CT molecular complexity index is 511. The van der Waals surface area contributed by atoms with E-state index in [0.717, 1.165) is 20.4 Å². The van der Waals surface area contributed by atoms with Crippen LogP contribution in [0.2, 0.25) is 5.02 Å². The Morgan fingerprint density at radius 1 is 1.12 bits per heavy atom. The first kappa shape index (κ1) is 12.7. The monoisotopic (exact) mass is 358 g/mol. The number of hydrogen-bond acceptors (Lipinski definition) is 1. The van der Waals surface area contributed by atoms with Gasteiger partial charge in [-0.15, -0.1) is 0 Å². The van der Waals surface area contributed by atoms with E-state index in [1.807, 2.05) is 49.4 Å². The molecular weight excluding hydrogens is 347 g/mol. The van der Waals surface area contributed by atoms with Gasteiger partial charge in [-0.2, -0.15) is 0 Å². The van der Waals surface area contributed by atoms with Crippen LogP contribution >= 0.6 is 34.2 Å². The van der Waals surface area contributed by atoms with E-state index in [2.05, 4.69) is 22.6 Å². The highest BCUT2D eigenvalue weighted by Gasteiger charge is 2.07. The van der Waals surface area contributed by atoms with Gasteiger partial charge in [-0.1, -0.05) is 41.9 Å². The largest absolute Gasteiger partial charge is 0.487 e. The molecule has 2 aromatic rings. The van der Waals surface area contributed by atoms with E-state index in [1.54, 1.807) is 0 Å². The van der Waals surface area contributed by atoms with Gasteiger partial charge in [-0.05, 0) is 52.8 Å². The Hall–Kier alpha value is -0.740. The zero-order chi connectivity index (χ0) is 12.3. The molecule has 17 heavy (non-hydrogen) atoms. The molecule has 3 heteroatoms. The molecule has 0 aromatic heterocycles. The summed E-state index contributed by atoms with van der Waals surface area (Å²) in [7, 11) is 0. The van der Waals surface area contributed by atoms with Crippen molar-refractivity contribution < 1.29 is 4.74 Å². The van der Waals surface area contributed by atoms with Crippen molar-refractivity contribution in [1.29, 1.82) is 0 Å². The Balaban J connectivity index is 2.13. The average molecular weight is 359 g/mol. The lowest BCUT2D eigenvalue weighted by Crippen LogP contribution is -1.97. The zero-order valence-corrected chi connectivity index (χ0v) is 12.3. The number of hydrogen-bond donors (Lipinski definition) is 0. The standard InChI is InChI=1S/C14H12ClIO/c1-10-12(16)7-8-13(14(10)15)17-9-11-5-3-2-4-6-11/h2-8H,9H2,1H3. The molecule has 2 rings (SSSR count). The van der Waals surface area contributed by atoms with Gasteiger partial charge >= 0.3 is 0 Å². The van der Waals surface area contributed by atoms with Gasteiger partial charge in [0.1, 0.15) is 12.4 Å². The summed E-state index contributed by atoms with van der Waals surface area (Å²) >= 11 is 8.50. The highest BCUT2D eigenvalue weighted by Crippen LogP contribution is 2.31. The first-order valence-corrected chi connectivity index (χ1v) is 6.75. The summed E-state index contributed by atoms with van der Waals surface area (Å²) in [5, 5.41) is 0.702. The molecule has 0 aliphatic heterocycles. The van der Waals surface area contributed by atoms with Crippen molar-refractivity contribution >= 4 is 34.2 Å². The van der Waals surface area contributed by atoms with Gasteiger partial charge in [0.05, 0.1) is 5.02 Å². The number of rotatable bonds is 3. The number of ether oxygens (including phenoxy) is 1. The lowest BCUT2D eigenvalue weighted by atomic mass is 10.2. The molecule has 0 atom stereocenters. The fourth-order valence-corrected chi connectivity index (χ4v) is 2.31. The minimum atomic E-state index is 0.542. The van der Waals surface area contributed by atoms with Crippen molar-refractivity contribution in [2.24, 2.45) is 0 Å². The van der Waals surface area contributed by atoms with Crippen molar-refractivity contribution in [3.63, 3.8) is 0 Å². The van der Waals surface area contributed by atoms with Gasteiger partial charge in [-0.3, -0.25) is 0 Å². The Kier molecular flexibility index (Phi) is 4.29. The van der Waals surface area contributed by atoms with Gasteiger partial charge in [0.2, 0.25) is 0 Å². The normalized spacial score (nSPS) is 10.3. The van der Waals surface area contributed by atoms with Crippen molar-refractivity contribution in [2.45, 2.75) is 13.5 Å². The number of halogens is 2. The van der Waals surface area contributed by atoms with E-state index in [-0.39, 0.29) is 0 Å². The van der Waals surface area contributed by atoms with Crippen LogP contribution in [0.5, 0.6) is 5.75 Å². The van der Waals surface area contributed by atoms with Crippen LogP contribution in [0.4, 0.5) is 0 Å². The van der Waals surface area contributed by atoms with Gasteiger partial charge in [0.25, 0.3) is 0 Å². The molecule has 0 bridgehead atoms. The molecule has 0 aliphatic rings. The van der Waals surface area contributed by atoms with E-state index in [0.29, 0.717) is 11.6 Å². The molecule has 88 valence electrons. The third kappa shape index (κ3) is 3.13. The van der Waals surface area contributed by atoms with Crippen LogP contribution in [0.1, 0.15) is 11.1 Å². The van der Waals surface area contributed by atoms with Crippen molar-refractivity contribution in [1.82, 2.24) is 0 Å². The molecule has 0 heterocycles. The maximum absolute atomic E-state index is 6.23. The second-order valence-electron chi connectivity index (χ2n) is 3.76. The highest BCUT2D eigenvalue weighted by atomic mass is 127. The predicted octanol–water partition coefficient (Wildman–Crippen LogP) is 4.83. The van der Waals surface area contributed by atoms with E-state index in [9.17, 15) is 0 Å². The number of benzene rings is 2. The summed E-state index contributed by atoms with van der Waals surface area (Å²) in [6, 6.07) is 14.0.